The van der Waals surface area contributed by atoms with Gasteiger partial charge in [0.05, 0.1) is 19.8 Å². The molecular formula is C19H23F3O4. The first-order chi connectivity index (χ1) is 12.2. The van der Waals surface area contributed by atoms with Gasteiger partial charge >= 0.3 is 0 Å². The number of phenolic OH excluding ortho intramolecular Hbond substituents is 1. The lowest BCUT2D eigenvalue weighted by atomic mass is 10.0. The molecule has 1 aromatic carbocycles. The van der Waals surface area contributed by atoms with Crippen molar-refractivity contribution in [3.05, 3.63) is 60.2 Å². The largest absolute Gasteiger partial charge is 0.508 e. The van der Waals surface area contributed by atoms with Crippen LogP contribution in [0.5, 0.6) is 11.5 Å². The van der Waals surface area contributed by atoms with Gasteiger partial charge in [-0.05, 0) is 24.6 Å². The monoisotopic (exact) mass is 372 g/mol. The zero-order valence-corrected chi connectivity index (χ0v) is 15.0. The molecule has 2 atom stereocenters. The quantitative estimate of drug-likeness (QED) is 0.473. The number of halogens is 3. The van der Waals surface area contributed by atoms with Crippen molar-refractivity contribution in [2.45, 2.75) is 20.0 Å². The summed E-state index contributed by atoms with van der Waals surface area (Å²) in [6.07, 6.45) is -0.440. The summed E-state index contributed by atoms with van der Waals surface area (Å²) < 4.78 is 56.5. The molecule has 0 aliphatic rings. The van der Waals surface area contributed by atoms with E-state index >= 15 is 0 Å². The average molecular weight is 372 g/mol. The number of ether oxygens (including phenoxy) is 3. The summed E-state index contributed by atoms with van der Waals surface area (Å²) in [4.78, 5) is 0. The van der Waals surface area contributed by atoms with Crippen molar-refractivity contribution >= 4 is 0 Å². The van der Waals surface area contributed by atoms with E-state index in [4.69, 9.17) is 14.6 Å². The Labute approximate surface area is 151 Å². The van der Waals surface area contributed by atoms with E-state index in [2.05, 4.69) is 17.9 Å². The summed E-state index contributed by atoms with van der Waals surface area (Å²) in [6.45, 7) is 10.2. The van der Waals surface area contributed by atoms with Crippen LogP contribution in [0, 0.1) is 11.7 Å². The molecule has 0 spiro atoms. The van der Waals surface area contributed by atoms with E-state index < -0.39 is 35.3 Å². The number of methoxy groups -OCH3 is 1. The van der Waals surface area contributed by atoms with Gasteiger partial charge in [-0.3, -0.25) is 0 Å². The van der Waals surface area contributed by atoms with E-state index in [0.717, 1.165) is 6.07 Å². The summed E-state index contributed by atoms with van der Waals surface area (Å²) in [5, 5.41) is 9.14. The molecule has 0 fully saturated rings. The summed E-state index contributed by atoms with van der Waals surface area (Å²) in [7, 11) is 1.18. The van der Waals surface area contributed by atoms with Crippen LogP contribution in [0.1, 0.15) is 13.8 Å². The van der Waals surface area contributed by atoms with Gasteiger partial charge in [0.2, 0.25) is 0 Å². The summed E-state index contributed by atoms with van der Waals surface area (Å²) in [6, 6.07) is 3.53. The Balaban J connectivity index is 2.52. The van der Waals surface area contributed by atoms with Crippen LogP contribution in [-0.2, 0) is 9.47 Å². The van der Waals surface area contributed by atoms with Gasteiger partial charge < -0.3 is 19.3 Å². The van der Waals surface area contributed by atoms with Crippen molar-refractivity contribution in [3.63, 3.8) is 0 Å². The standard InChI is InChI=1S/C19H23F3O4/c1-11(13(3)18(21)19(22)14(4)24-5)9-25-12(2)10-26-17-7-6-15(23)8-16(17)20/h6-8,11-12,23H,3-4,9-10H2,1-2,5H3/b19-18-. The maximum Gasteiger partial charge on any atom is 0.200 e. The molecule has 1 N–H and O–H groups in total. The highest BCUT2D eigenvalue weighted by Gasteiger charge is 2.19. The fraction of sp³-hybridized carbons (Fsp3) is 0.368. The molecule has 0 amide bonds. The lowest BCUT2D eigenvalue weighted by Crippen LogP contribution is -2.22. The summed E-state index contributed by atoms with van der Waals surface area (Å²) in [5.74, 6) is -4.20. The number of rotatable bonds is 10. The average Bonchev–Trinajstić information content (AvgIpc) is 2.62. The second-order valence-corrected chi connectivity index (χ2v) is 5.75. The molecule has 1 rings (SSSR count). The Bertz CT molecular complexity index is 685. The molecule has 0 saturated heterocycles. The Hall–Kier alpha value is -2.41. The smallest absolute Gasteiger partial charge is 0.200 e. The minimum atomic E-state index is -1.21. The van der Waals surface area contributed by atoms with Crippen LogP contribution in [0.2, 0.25) is 0 Å². The Morgan fingerprint density at radius 1 is 1.15 bits per heavy atom. The molecular weight excluding hydrogens is 349 g/mol. The molecule has 0 bridgehead atoms. The Kier molecular flexibility index (Phi) is 8.25. The molecule has 4 nitrogen and oxygen atoms in total. The molecule has 0 heterocycles. The Morgan fingerprint density at radius 3 is 2.38 bits per heavy atom. The molecule has 26 heavy (non-hydrogen) atoms. The normalized spacial score (nSPS) is 14.2. The summed E-state index contributed by atoms with van der Waals surface area (Å²) >= 11 is 0. The minimum absolute atomic E-state index is 0.0233. The van der Waals surface area contributed by atoms with Gasteiger partial charge in [0.1, 0.15) is 18.1 Å². The number of phenols is 1. The SMILES string of the molecule is C=C(OC)/C(F)=C(/F)C(=C)C(C)COC(C)COc1ccc(O)cc1F. The van der Waals surface area contributed by atoms with Gasteiger partial charge in [-0.25, -0.2) is 8.78 Å². The minimum Gasteiger partial charge on any atom is -0.508 e. The van der Waals surface area contributed by atoms with Crippen molar-refractivity contribution in [3.8, 4) is 11.5 Å². The van der Waals surface area contributed by atoms with Gasteiger partial charge in [0.25, 0.3) is 0 Å². The molecule has 0 aliphatic heterocycles. The first-order valence-corrected chi connectivity index (χ1v) is 7.88. The van der Waals surface area contributed by atoms with Gasteiger partial charge in [0, 0.05) is 12.0 Å². The topological polar surface area (TPSA) is 47.9 Å². The molecule has 0 aromatic heterocycles. The number of hydrogen-bond donors (Lipinski definition) is 1. The third kappa shape index (κ3) is 6.15. The lowest BCUT2D eigenvalue weighted by molar-refractivity contribution is 0.0198. The number of benzene rings is 1. The van der Waals surface area contributed by atoms with Crippen molar-refractivity contribution in [1.29, 1.82) is 0 Å². The predicted molar refractivity (Wildman–Crippen MR) is 92.7 cm³/mol. The van der Waals surface area contributed by atoms with Crippen LogP contribution in [0.4, 0.5) is 13.2 Å². The third-order valence-electron chi connectivity index (χ3n) is 3.58. The zero-order valence-electron chi connectivity index (χ0n) is 15.0. The van der Waals surface area contributed by atoms with Crippen molar-refractivity contribution in [2.24, 2.45) is 5.92 Å². The van der Waals surface area contributed by atoms with Crippen LogP contribution < -0.4 is 4.74 Å². The maximum absolute atomic E-state index is 14.0. The fourth-order valence-electron chi connectivity index (χ4n) is 1.84. The van der Waals surface area contributed by atoms with Gasteiger partial charge in [-0.1, -0.05) is 20.1 Å². The van der Waals surface area contributed by atoms with Gasteiger partial charge in [-0.2, -0.15) is 4.39 Å². The van der Waals surface area contributed by atoms with E-state index in [1.807, 2.05) is 0 Å². The van der Waals surface area contributed by atoms with Crippen LogP contribution in [0.3, 0.4) is 0 Å². The van der Waals surface area contributed by atoms with Crippen molar-refractivity contribution in [2.75, 3.05) is 20.3 Å². The van der Waals surface area contributed by atoms with Crippen LogP contribution >= 0.6 is 0 Å². The first-order valence-electron chi connectivity index (χ1n) is 7.88. The van der Waals surface area contributed by atoms with Crippen LogP contribution in [-0.4, -0.2) is 31.5 Å². The van der Waals surface area contributed by atoms with E-state index in [1.54, 1.807) is 13.8 Å². The second-order valence-electron chi connectivity index (χ2n) is 5.75. The molecule has 144 valence electrons. The number of hydrogen-bond acceptors (Lipinski definition) is 4. The third-order valence-corrected chi connectivity index (χ3v) is 3.58. The van der Waals surface area contributed by atoms with Crippen molar-refractivity contribution in [1.82, 2.24) is 0 Å². The van der Waals surface area contributed by atoms with Gasteiger partial charge in [-0.15, -0.1) is 0 Å². The first kappa shape index (κ1) is 21.6. The van der Waals surface area contributed by atoms with E-state index in [9.17, 15) is 13.2 Å². The van der Waals surface area contributed by atoms with Crippen molar-refractivity contribution < 1.29 is 32.5 Å². The highest BCUT2D eigenvalue weighted by Crippen LogP contribution is 2.27. The van der Waals surface area contributed by atoms with E-state index in [-0.39, 0.29) is 30.3 Å². The molecule has 0 saturated carbocycles. The highest BCUT2D eigenvalue weighted by molar-refractivity contribution is 5.33. The molecule has 2 unspecified atom stereocenters. The highest BCUT2D eigenvalue weighted by atomic mass is 19.2. The van der Waals surface area contributed by atoms with Crippen LogP contribution in [0.25, 0.3) is 0 Å². The molecule has 7 heteroatoms. The molecule has 0 aliphatic carbocycles. The Morgan fingerprint density at radius 2 is 1.81 bits per heavy atom. The second kappa shape index (κ2) is 9.91. The maximum atomic E-state index is 14.0. The van der Waals surface area contributed by atoms with Crippen LogP contribution in [0.15, 0.2) is 54.3 Å². The van der Waals surface area contributed by atoms with E-state index in [1.165, 1.54) is 19.2 Å². The fourth-order valence-corrected chi connectivity index (χ4v) is 1.84. The summed E-state index contributed by atoms with van der Waals surface area (Å²) in [5.41, 5.74) is -0.0848. The van der Waals surface area contributed by atoms with Gasteiger partial charge in [0.15, 0.2) is 23.2 Å². The molecule has 0 radical (unpaired) electrons. The lowest BCUT2D eigenvalue weighted by Gasteiger charge is -2.19. The number of aromatic hydroxyl groups is 1. The predicted octanol–water partition coefficient (Wildman–Crippen LogP) is 4.82. The zero-order chi connectivity index (χ0) is 19.9. The number of allylic oxidation sites excluding steroid dienone is 2. The van der Waals surface area contributed by atoms with E-state index in [0.29, 0.717) is 0 Å². The molecule has 1 aromatic rings.